The molecule has 0 atom stereocenters. The van der Waals surface area contributed by atoms with Crippen LogP contribution in [0.25, 0.3) is 11.3 Å². The van der Waals surface area contributed by atoms with E-state index >= 15 is 0 Å². The van der Waals surface area contributed by atoms with Crippen LogP contribution in [-0.4, -0.2) is 48.5 Å². The highest BCUT2D eigenvalue weighted by Gasteiger charge is 2.38. The maximum absolute atomic E-state index is 14.4. The molecule has 2 aromatic rings. The van der Waals surface area contributed by atoms with Crippen LogP contribution in [-0.2, 0) is 11.3 Å². The number of halogens is 2. The van der Waals surface area contributed by atoms with Gasteiger partial charge in [0.05, 0.1) is 42.8 Å². The molecule has 2 aliphatic heterocycles. The standard InChI is InChI=1S/C20H23ClFN3O3/c1-27-16-3-2-13(22)17(18(16)21)14-10-23-19(15(11-26)24-14)25-7-4-20(5-8-25)6-9-28-12-20/h2-3,10,26H,4-9,11-12H2,1H3. The summed E-state index contributed by atoms with van der Waals surface area (Å²) in [7, 11) is 1.47. The molecule has 0 saturated carbocycles. The third-order valence-corrected chi connectivity index (χ3v) is 6.19. The van der Waals surface area contributed by atoms with Gasteiger partial charge in [-0.1, -0.05) is 11.6 Å². The Balaban J connectivity index is 1.63. The van der Waals surface area contributed by atoms with Crippen LogP contribution in [0, 0.1) is 11.2 Å². The number of aromatic nitrogens is 2. The fourth-order valence-corrected chi connectivity index (χ4v) is 4.40. The number of methoxy groups -OCH3 is 1. The first kappa shape index (κ1) is 19.4. The summed E-state index contributed by atoms with van der Waals surface area (Å²) in [6.07, 6.45) is 4.66. The number of nitrogens with zero attached hydrogens (tertiary/aromatic N) is 3. The third-order valence-electron chi connectivity index (χ3n) is 5.81. The monoisotopic (exact) mass is 407 g/mol. The van der Waals surface area contributed by atoms with Gasteiger partial charge in [0.25, 0.3) is 0 Å². The quantitative estimate of drug-likeness (QED) is 0.837. The zero-order valence-electron chi connectivity index (χ0n) is 15.8. The van der Waals surface area contributed by atoms with E-state index in [1.54, 1.807) is 0 Å². The van der Waals surface area contributed by atoms with E-state index in [4.69, 9.17) is 21.1 Å². The van der Waals surface area contributed by atoms with Gasteiger partial charge in [0.15, 0.2) is 5.82 Å². The third kappa shape index (κ3) is 3.43. The van der Waals surface area contributed by atoms with Gasteiger partial charge < -0.3 is 19.5 Å². The van der Waals surface area contributed by atoms with Crippen molar-refractivity contribution in [3.05, 3.63) is 34.9 Å². The number of hydrogen-bond acceptors (Lipinski definition) is 6. The van der Waals surface area contributed by atoms with E-state index in [-0.39, 0.29) is 28.3 Å². The average Bonchev–Trinajstić information content (AvgIpc) is 3.17. The van der Waals surface area contributed by atoms with Crippen molar-refractivity contribution in [2.45, 2.75) is 25.9 Å². The molecule has 2 saturated heterocycles. The lowest BCUT2D eigenvalue weighted by Gasteiger charge is -2.39. The van der Waals surface area contributed by atoms with Crippen LogP contribution in [0.2, 0.25) is 5.02 Å². The van der Waals surface area contributed by atoms with Gasteiger partial charge in [-0.3, -0.25) is 0 Å². The number of hydrogen-bond donors (Lipinski definition) is 1. The SMILES string of the molecule is COc1ccc(F)c(-c2cnc(N3CCC4(CCOC4)CC3)c(CO)n2)c1Cl. The second-order valence-electron chi connectivity index (χ2n) is 7.41. The Morgan fingerprint density at radius 1 is 1.32 bits per heavy atom. The summed E-state index contributed by atoms with van der Waals surface area (Å²) in [5, 5.41) is 10.00. The lowest BCUT2D eigenvalue weighted by atomic mass is 9.78. The predicted molar refractivity (Wildman–Crippen MR) is 104 cm³/mol. The zero-order chi connectivity index (χ0) is 19.7. The fourth-order valence-electron chi connectivity index (χ4n) is 4.07. The van der Waals surface area contributed by atoms with Gasteiger partial charge in [0.1, 0.15) is 17.3 Å². The summed E-state index contributed by atoms with van der Waals surface area (Å²) in [4.78, 5) is 11.1. The first-order chi connectivity index (χ1) is 13.6. The number of anilines is 1. The van der Waals surface area contributed by atoms with E-state index in [2.05, 4.69) is 14.9 Å². The van der Waals surface area contributed by atoms with Crippen molar-refractivity contribution in [3.63, 3.8) is 0 Å². The average molecular weight is 408 g/mol. The Bertz CT molecular complexity index is 864. The number of aliphatic hydroxyl groups excluding tert-OH is 1. The lowest BCUT2D eigenvalue weighted by molar-refractivity contribution is 0.133. The van der Waals surface area contributed by atoms with Gasteiger partial charge in [-0.2, -0.15) is 0 Å². The van der Waals surface area contributed by atoms with Crippen LogP contribution in [0.3, 0.4) is 0 Å². The molecule has 150 valence electrons. The molecule has 1 aromatic carbocycles. The molecule has 8 heteroatoms. The summed E-state index contributed by atoms with van der Waals surface area (Å²) < 4.78 is 25.2. The molecule has 0 radical (unpaired) electrons. The van der Waals surface area contributed by atoms with E-state index < -0.39 is 5.82 Å². The second kappa shape index (κ2) is 7.81. The number of piperidine rings is 1. The van der Waals surface area contributed by atoms with Crippen LogP contribution < -0.4 is 9.64 Å². The molecular weight excluding hydrogens is 385 g/mol. The van der Waals surface area contributed by atoms with Crippen molar-refractivity contribution >= 4 is 17.4 Å². The maximum atomic E-state index is 14.4. The van der Waals surface area contributed by atoms with E-state index in [1.807, 2.05) is 0 Å². The van der Waals surface area contributed by atoms with Crippen molar-refractivity contribution < 1.29 is 19.0 Å². The highest BCUT2D eigenvalue weighted by Crippen LogP contribution is 2.41. The van der Waals surface area contributed by atoms with Crippen molar-refractivity contribution in [2.75, 3.05) is 38.3 Å². The van der Waals surface area contributed by atoms with Crippen LogP contribution in [0.1, 0.15) is 25.0 Å². The van der Waals surface area contributed by atoms with Crippen molar-refractivity contribution in [3.8, 4) is 17.0 Å². The van der Waals surface area contributed by atoms with Gasteiger partial charge >= 0.3 is 0 Å². The van der Waals surface area contributed by atoms with Crippen LogP contribution in [0.4, 0.5) is 10.2 Å². The van der Waals surface area contributed by atoms with Gasteiger partial charge in [0.2, 0.25) is 0 Å². The number of ether oxygens (including phenoxy) is 2. The first-order valence-electron chi connectivity index (χ1n) is 9.39. The molecule has 1 spiro atoms. The van der Waals surface area contributed by atoms with Gasteiger partial charge in [0, 0.05) is 19.7 Å². The number of benzene rings is 1. The highest BCUT2D eigenvalue weighted by molar-refractivity contribution is 6.34. The molecule has 3 heterocycles. The Morgan fingerprint density at radius 2 is 2.11 bits per heavy atom. The summed E-state index contributed by atoms with van der Waals surface area (Å²) in [6, 6.07) is 2.74. The van der Waals surface area contributed by atoms with Gasteiger partial charge in [-0.25, -0.2) is 14.4 Å². The molecule has 6 nitrogen and oxygen atoms in total. The molecule has 0 bridgehead atoms. The zero-order valence-corrected chi connectivity index (χ0v) is 16.5. The van der Waals surface area contributed by atoms with E-state index in [9.17, 15) is 9.50 Å². The highest BCUT2D eigenvalue weighted by atomic mass is 35.5. The number of rotatable bonds is 4. The molecule has 2 fully saturated rings. The summed E-state index contributed by atoms with van der Waals surface area (Å²) in [5.41, 5.74) is 1.08. The molecule has 2 aliphatic rings. The first-order valence-corrected chi connectivity index (χ1v) is 9.76. The minimum Gasteiger partial charge on any atom is -0.495 e. The van der Waals surface area contributed by atoms with Crippen molar-refractivity contribution in [2.24, 2.45) is 5.41 Å². The Kier molecular flexibility index (Phi) is 5.40. The molecule has 28 heavy (non-hydrogen) atoms. The predicted octanol–water partition coefficient (Wildman–Crippen LogP) is 3.44. The molecular formula is C20H23ClFN3O3. The normalized spacial score (nSPS) is 18.6. The molecule has 4 rings (SSSR count). The molecule has 0 amide bonds. The Morgan fingerprint density at radius 3 is 2.75 bits per heavy atom. The fraction of sp³-hybridized carbons (Fsp3) is 0.500. The minimum atomic E-state index is -0.516. The Hall–Kier alpha value is -1.96. The second-order valence-corrected chi connectivity index (χ2v) is 7.79. The van der Waals surface area contributed by atoms with E-state index in [1.165, 1.54) is 25.4 Å². The molecule has 1 N–H and O–H groups in total. The lowest BCUT2D eigenvalue weighted by Crippen LogP contribution is -2.41. The van der Waals surface area contributed by atoms with Crippen LogP contribution in [0.15, 0.2) is 18.3 Å². The van der Waals surface area contributed by atoms with Gasteiger partial charge in [-0.05, 0) is 36.8 Å². The summed E-state index contributed by atoms with van der Waals surface area (Å²) in [6.45, 7) is 3.04. The summed E-state index contributed by atoms with van der Waals surface area (Å²) in [5.74, 6) is 0.479. The Labute approximate surface area is 168 Å². The molecule has 0 unspecified atom stereocenters. The van der Waals surface area contributed by atoms with Crippen molar-refractivity contribution in [1.82, 2.24) is 9.97 Å². The van der Waals surface area contributed by atoms with Crippen molar-refractivity contribution in [1.29, 1.82) is 0 Å². The van der Waals surface area contributed by atoms with E-state index in [0.717, 1.165) is 45.6 Å². The summed E-state index contributed by atoms with van der Waals surface area (Å²) >= 11 is 6.28. The van der Waals surface area contributed by atoms with Gasteiger partial charge in [-0.15, -0.1) is 0 Å². The van der Waals surface area contributed by atoms with E-state index in [0.29, 0.717) is 17.3 Å². The largest absolute Gasteiger partial charge is 0.495 e. The smallest absolute Gasteiger partial charge is 0.152 e. The minimum absolute atomic E-state index is 0.121. The van der Waals surface area contributed by atoms with Crippen LogP contribution >= 0.6 is 11.6 Å². The number of aliphatic hydroxyl groups is 1. The molecule has 0 aliphatic carbocycles. The topological polar surface area (TPSA) is 67.7 Å². The molecule has 1 aromatic heterocycles. The maximum Gasteiger partial charge on any atom is 0.152 e. The van der Waals surface area contributed by atoms with Crippen LogP contribution in [0.5, 0.6) is 5.75 Å².